The van der Waals surface area contributed by atoms with Crippen LogP contribution in [0.2, 0.25) is 0 Å². The van der Waals surface area contributed by atoms with E-state index in [1.165, 1.54) is 0 Å². The van der Waals surface area contributed by atoms with Crippen molar-refractivity contribution in [3.63, 3.8) is 0 Å². The zero-order chi connectivity index (χ0) is 20.4. The summed E-state index contributed by atoms with van der Waals surface area (Å²) in [4.78, 5) is 18.8. The lowest BCUT2D eigenvalue weighted by molar-refractivity contribution is -0.117. The summed E-state index contributed by atoms with van der Waals surface area (Å²) >= 11 is 0. The van der Waals surface area contributed by atoms with Crippen LogP contribution in [0.5, 0.6) is 0 Å². The third-order valence-corrected chi connectivity index (χ3v) is 6.73. The van der Waals surface area contributed by atoms with Crippen LogP contribution in [0.15, 0.2) is 64.0 Å². The molecule has 0 bridgehead atoms. The molecule has 1 aromatic heterocycles. The molecule has 2 heterocycles. The molecule has 29 heavy (non-hydrogen) atoms. The van der Waals surface area contributed by atoms with Crippen LogP contribution in [0, 0.1) is 6.92 Å². The van der Waals surface area contributed by atoms with E-state index in [9.17, 15) is 13.2 Å². The van der Waals surface area contributed by atoms with Gasteiger partial charge in [0.25, 0.3) is 0 Å². The fourth-order valence-electron chi connectivity index (χ4n) is 3.35. The number of aryl methyl sites for hydroxylation is 2. The van der Waals surface area contributed by atoms with Crippen molar-refractivity contribution in [3.05, 3.63) is 71.9 Å². The molecule has 0 radical (unpaired) electrons. The maximum Gasteiger partial charge on any atom is 0.232 e. The van der Waals surface area contributed by atoms with E-state index in [2.05, 4.69) is 10.1 Å². The van der Waals surface area contributed by atoms with Crippen LogP contribution in [0.1, 0.15) is 29.6 Å². The zero-order valence-electron chi connectivity index (χ0n) is 16.0. The zero-order valence-corrected chi connectivity index (χ0v) is 16.8. The first-order valence-corrected chi connectivity index (χ1v) is 11.0. The van der Waals surface area contributed by atoms with Crippen LogP contribution in [-0.2, 0) is 21.1 Å². The van der Waals surface area contributed by atoms with E-state index in [1.54, 1.807) is 35.2 Å². The van der Waals surface area contributed by atoms with E-state index < -0.39 is 9.84 Å². The fraction of sp³-hybridized carbons (Fsp3) is 0.286. The molecule has 0 unspecified atom stereocenters. The molecular weight excluding hydrogens is 390 g/mol. The van der Waals surface area contributed by atoms with Gasteiger partial charge in [-0.15, -0.1) is 0 Å². The number of benzene rings is 2. The topological polar surface area (TPSA) is 93.4 Å². The lowest BCUT2D eigenvalue weighted by atomic mass is 10.1. The summed E-state index contributed by atoms with van der Waals surface area (Å²) in [6.45, 7) is 2.46. The summed E-state index contributed by atoms with van der Waals surface area (Å²) in [5, 5.41) is 3.91. The van der Waals surface area contributed by atoms with Crippen LogP contribution >= 0.6 is 0 Å². The normalized spacial score (nSPS) is 17.1. The summed E-state index contributed by atoms with van der Waals surface area (Å²) < 4.78 is 30.1. The van der Waals surface area contributed by atoms with Crippen LogP contribution < -0.4 is 4.90 Å². The fourth-order valence-corrected chi connectivity index (χ4v) is 4.61. The molecule has 0 aliphatic carbocycles. The SMILES string of the molecule is Cc1ccc(N2C[C@@H](c3nc(CCS(=O)(=O)c4ccccc4)no3)CC2=O)cc1. The Kier molecular flexibility index (Phi) is 5.19. The van der Waals surface area contributed by atoms with Crippen molar-refractivity contribution in [2.24, 2.45) is 0 Å². The third kappa shape index (κ3) is 4.22. The quantitative estimate of drug-likeness (QED) is 0.619. The molecule has 2 aromatic carbocycles. The van der Waals surface area contributed by atoms with E-state index in [0.29, 0.717) is 18.3 Å². The Morgan fingerprint density at radius 3 is 2.55 bits per heavy atom. The average molecular weight is 411 g/mol. The monoisotopic (exact) mass is 411 g/mol. The molecule has 1 saturated heterocycles. The highest BCUT2D eigenvalue weighted by atomic mass is 32.2. The Bertz CT molecular complexity index is 1110. The van der Waals surface area contributed by atoms with E-state index in [0.717, 1.165) is 11.3 Å². The highest BCUT2D eigenvalue weighted by Crippen LogP contribution is 2.31. The number of amides is 1. The Balaban J connectivity index is 1.42. The van der Waals surface area contributed by atoms with Gasteiger partial charge in [0.1, 0.15) is 0 Å². The maximum atomic E-state index is 12.4. The Morgan fingerprint density at radius 1 is 1.10 bits per heavy atom. The third-order valence-electron chi connectivity index (χ3n) is 5.00. The summed E-state index contributed by atoms with van der Waals surface area (Å²) in [6, 6.07) is 16.1. The standard InChI is InChI=1S/C21H21N3O4S/c1-15-7-9-17(10-8-15)24-14-16(13-20(24)25)21-22-19(23-28-21)11-12-29(26,27)18-5-3-2-4-6-18/h2-10,16H,11-14H2,1H3/t16-/m0/s1. The number of aromatic nitrogens is 2. The van der Waals surface area contributed by atoms with Gasteiger partial charge in [0.05, 0.1) is 16.6 Å². The van der Waals surface area contributed by atoms with Crippen LogP contribution in [0.3, 0.4) is 0 Å². The molecule has 8 heteroatoms. The average Bonchev–Trinajstić information content (AvgIpc) is 3.35. The van der Waals surface area contributed by atoms with E-state index in [1.807, 2.05) is 31.2 Å². The highest BCUT2D eigenvalue weighted by molar-refractivity contribution is 7.91. The molecule has 0 saturated carbocycles. The van der Waals surface area contributed by atoms with Crippen LogP contribution in [-0.4, -0.2) is 36.8 Å². The minimum Gasteiger partial charge on any atom is -0.339 e. The van der Waals surface area contributed by atoms with Crippen molar-refractivity contribution in [2.75, 3.05) is 17.2 Å². The van der Waals surface area contributed by atoms with E-state index in [4.69, 9.17) is 4.52 Å². The molecule has 0 N–H and O–H groups in total. The number of sulfone groups is 1. The molecule has 3 aromatic rings. The second kappa shape index (κ2) is 7.79. The molecule has 1 atom stereocenters. The minimum absolute atomic E-state index is 0.00487. The Labute approximate surface area is 169 Å². The highest BCUT2D eigenvalue weighted by Gasteiger charge is 2.35. The molecular formula is C21H21N3O4S. The molecule has 1 fully saturated rings. The largest absolute Gasteiger partial charge is 0.339 e. The Hall–Kier alpha value is -3.00. The predicted molar refractivity (Wildman–Crippen MR) is 107 cm³/mol. The first kappa shape index (κ1) is 19.3. The number of hydrogen-bond acceptors (Lipinski definition) is 6. The summed E-state index contributed by atoms with van der Waals surface area (Å²) in [7, 11) is -3.41. The lowest BCUT2D eigenvalue weighted by Gasteiger charge is -2.16. The van der Waals surface area contributed by atoms with Gasteiger partial charge in [0.15, 0.2) is 15.7 Å². The predicted octanol–water partition coefficient (Wildman–Crippen LogP) is 2.91. The maximum absolute atomic E-state index is 12.4. The van der Waals surface area contributed by atoms with Gasteiger partial charge in [-0.2, -0.15) is 4.98 Å². The number of hydrogen-bond donors (Lipinski definition) is 0. The number of rotatable bonds is 6. The molecule has 1 aliphatic rings. The van der Waals surface area contributed by atoms with E-state index >= 15 is 0 Å². The van der Waals surface area contributed by atoms with Gasteiger partial charge in [-0.1, -0.05) is 41.1 Å². The van der Waals surface area contributed by atoms with Gasteiger partial charge in [-0.25, -0.2) is 8.42 Å². The second-order valence-corrected chi connectivity index (χ2v) is 9.28. The molecule has 1 aliphatic heterocycles. The lowest BCUT2D eigenvalue weighted by Crippen LogP contribution is -2.24. The van der Waals surface area contributed by atoms with Gasteiger partial charge < -0.3 is 9.42 Å². The van der Waals surface area contributed by atoms with Crippen molar-refractivity contribution >= 4 is 21.4 Å². The van der Waals surface area contributed by atoms with Crippen molar-refractivity contribution in [2.45, 2.75) is 30.6 Å². The molecule has 1 amide bonds. The van der Waals surface area contributed by atoms with Crippen molar-refractivity contribution in [3.8, 4) is 0 Å². The molecule has 0 spiro atoms. The summed E-state index contributed by atoms with van der Waals surface area (Å²) in [5.74, 6) is 0.413. The first-order chi connectivity index (χ1) is 13.9. The minimum atomic E-state index is -3.41. The van der Waals surface area contributed by atoms with Gasteiger partial charge in [-0.3, -0.25) is 4.79 Å². The summed E-state index contributed by atoms with van der Waals surface area (Å²) in [6.07, 6.45) is 0.445. The molecule has 7 nitrogen and oxygen atoms in total. The number of anilines is 1. The smallest absolute Gasteiger partial charge is 0.232 e. The van der Waals surface area contributed by atoms with Gasteiger partial charge in [0, 0.05) is 25.1 Å². The van der Waals surface area contributed by atoms with Crippen molar-refractivity contribution in [1.29, 1.82) is 0 Å². The van der Waals surface area contributed by atoms with Gasteiger partial charge in [0.2, 0.25) is 11.8 Å². The van der Waals surface area contributed by atoms with E-state index in [-0.39, 0.29) is 35.3 Å². The molecule has 150 valence electrons. The van der Waals surface area contributed by atoms with Gasteiger partial charge >= 0.3 is 0 Å². The number of carbonyl (C=O) groups excluding carboxylic acids is 1. The van der Waals surface area contributed by atoms with Gasteiger partial charge in [-0.05, 0) is 31.2 Å². The second-order valence-electron chi connectivity index (χ2n) is 7.17. The summed E-state index contributed by atoms with van der Waals surface area (Å²) in [5.41, 5.74) is 1.97. The van der Waals surface area contributed by atoms with Crippen LogP contribution in [0.25, 0.3) is 0 Å². The van der Waals surface area contributed by atoms with Crippen molar-refractivity contribution < 1.29 is 17.7 Å². The van der Waals surface area contributed by atoms with Crippen molar-refractivity contribution in [1.82, 2.24) is 10.1 Å². The molecule has 4 rings (SSSR count). The van der Waals surface area contributed by atoms with Crippen LogP contribution in [0.4, 0.5) is 5.69 Å². The Morgan fingerprint density at radius 2 is 1.83 bits per heavy atom. The number of nitrogens with zero attached hydrogens (tertiary/aromatic N) is 3. The first-order valence-electron chi connectivity index (χ1n) is 9.40. The number of carbonyl (C=O) groups is 1.